The van der Waals surface area contributed by atoms with Gasteiger partial charge in [-0.3, -0.25) is 9.59 Å². The number of rotatable bonds is 11. The minimum atomic E-state index is -0.912. The van der Waals surface area contributed by atoms with Crippen LogP contribution in [0.5, 0.6) is 17.2 Å². The first-order valence-corrected chi connectivity index (χ1v) is 13.0. The molecule has 2 aromatic carbocycles. The summed E-state index contributed by atoms with van der Waals surface area (Å²) in [6.45, 7) is 4.02. The lowest BCUT2D eigenvalue weighted by Crippen LogP contribution is -2.47. The predicted octanol–water partition coefficient (Wildman–Crippen LogP) is 5.25. The van der Waals surface area contributed by atoms with Gasteiger partial charge >= 0.3 is 0 Å². The summed E-state index contributed by atoms with van der Waals surface area (Å²) in [6, 6.07) is 12.0. The molecule has 0 saturated heterocycles. The van der Waals surface area contributed by atoms with Crippen molar-refractivity contribution in [2.45, 2.75) is 70.7 Å². The maximum absolute atomic E-state index is 13.8. The van der Waals surface area contributed by atoms with Gasteiger partial charge in [-0.2, -0.15) is 0 Å². The van der Waals surface area contributed by atoms with Crippen LogP contribution in [0, 0.1) is 0 Å². The minimum absolute atomic E-state index is 0.0463. The SMILES string of the molecule is COc1ccccc1CN(C(=O)CCl)[C@@H](C(=O)NC1CCCCC1)c1ccc(OC(C)C)c(OC)c1. The van der Waals surface area contributed by atoms with Crippen LogP contribution in [0.25, 0.3) is 0 Å². The normalized spacial score (nSPS) is 14.7. The van der Waals surface area contributed by atoms with Gasteiger partial charge in [0, 0.05) is 11.6 Å². The lowest BCUT2D eigenvalue weighted by molar-refractivity contribution is -0.140. The number of hydrogen-bond acceptors (Lipinski definition) is 5. The molecule has 3 rings (SSSR count). The smallest absolute Gasteiger partial charge is 0.247 e. The number of halogens is 1. The van der Waals surface area contributed by atoms with E-state index in [0.717, 1.165) is 31.2 Å². The molecule has 196 valence electrons. The quantitative estimate of drug-likeness (QED) is 0.413. The van der Waals surface area contributed by atoms with Gasteiger partial charge in [0.05, 0.1) is 26.9 Å². The average Bonchev–Trinajstić information content (AvgIpc) is 2.89. The second-order valence-corrected chi connectivity index (χ2v) is 9.56. The lowest BCUT2D eigenvalue weighted by atomic mass is 9.94. The van der Waals surface area contributed by atoms with Crippen molar-refractivity contribution >= 4 is 23.4 Å². The number of nitrogens with one attached hydrogen (secondary N) is 1. The number of ether oxygens (including phenoxy) is 3. The first-order valence-electron chi connectivity index (χ1n) is 12.5. The predicted molar refractivity (Wildman–Crippen MR) is 141 cm³/mol. The zero-order chi connectivity index (χ0) is 26.1. The molecule has 0 bridgehead atoms. The summed E-state index contributed by atoms with van der Waals surface area (Å²) in [5.74, 6) is 0.848. The van der Waals surface area contributed by atoms with Gasteiger partial charge in [0.1, 0.15) is 17.7 Å². The zero-order valence-corrected chi connectivity index (χ0v) is 22.3. The molecule has 8 heteroatoms. The third-order valence-electron chi connectivity index (χ3n) is 6.35. The number of nitrogens with zero attached hydrogens (tertiary/aromatic N) is 1. The van der Waals surface area contributed by atoms with Gasteiger partial charge in [-0.15, -0.1) is 11.6 Å². The molecule has 1 fully saturated rings. The molecule has 1 aliphatic carbocycles. The van der Waals surface area contributed by atoms with E-state index >= 15 is 0 Å². The fourth-order valence-corrected chi connectivity index (χ4v) is 4.78. The minimum Gasteiger partial charge on any atom is -0.496 e. The van der Waals surface area contributed by atoms with Crippen LogP contribution in [0.15, 0.2) is 42.5 Å². The molecule has 1 aliphatic rings. The highest BCUT2D eigenvalue weighted by Crippen LogP contribution is 2.35. The van der Waals surface area contributed by atoms with Gasteiger partial charge < -0.3 is 24.4 Å². The van der Waals surface area contributed by atoms with Crippen LogP contribution >= 0.6 is 11.6 Å². The molecule has 0 aromatic heterocycles. The summed E-state index contributed by atoms with van der Waals surface area (Å²) < 4.78 is 17.0. The Morgan fingerprint density at radius 2 is 1.69 bits per heavy atom. The molecule has 1 N–H and O–H groups in total. The highest BCUT2D eigenvalue weighted by Gasteiger charge is 2.34. The zero-order valence-electron chi connectivity index (χ0n) is 21.6. The third-order valence-corrected chi connectivity index (χ3v) is 6.57. The molecule has 2 amide bonds. The van der Waals surface area contributed by atoms with Crippen LogP contribution in [-0.2, 0) is 16.1 Å². The second kappa shape index (κ2) is 13.4. The fourth-order valence-electron chi connectivity index (χ4n) is 4.62. The molecule has 2 aromatic rings. The number of hydrogen-bond donors (Lipinski definition) is 1. The van der Waals surface area contributed by atoms with Gasteiger partial charge in [0.15, 0.2) is 11.5 Å². The van der Waals surface area contributed by atoms with Gasteiger partial charge in [0.2, 0.25) is 11.8 Å². The fraction of sp³-hybridized carbons (Fsp3) is 0.500. The largest absolute Gasteiger partial charge is 0.496 e. The van der Waals surface area contributed by atoms with E-state index in [9.17, 15) is 9.59 Å². The van der Waals surface area contributed by atoms with Gasteiger partial charge in [-0.1, -0.05) is 43.5 Å². The van der Waals surface area contributed by atoms with Crippen LogP contribution in [0.3, 0.4) is 0 Å². The molecular formula is C28H37ClN2O5. The Morgan fingerprint density at radius 1 is 1.00 bits per heavy atom. The molecule has 0 heterocycles. The highest BCUT2D eigenvalue weighted by molar-refractivity contribution is 6.27. The maximum atomic E-state index is 13.8. The number of para-hydroxylation sites is 1. The Morgan fingerprint density at radius 3 is 2.33 bits per heavy atom. The van der Waals surface area contributed by atoms with Crippen LogP contribution in [0.4, 0.5) is 0 Å². The average molecular weight is 517 g/mol. The summed E-state index contributed by atoms with van der Waals surface area (Å²) in [5.41, 5.74) is 1.39. The summed E-state index contributed by atoms with van der Waals surface area (Å²) in [6.07, 6.45) is 5.15. The molecule has 7 nitrogen and oxygen atoms in total. The van der Waals surface area contributed by atoms with E-state index in [1.807, 2.05) is 44.2 Å². The van der Waals surface area contributed by atoms with Crippen molar-refractivity contribution in [3.63, 3.8) is 0 Å². The summed E-state index contributed by atoms with van der Waals surface area (Å²) >= 11 is 6.06. The van der Waals surface area contributed by atoms with E-state index in [2.05, 4.69) is 5.32 Å². The van der Waals surface area contributed by atoms with Crippen LogP contribution in [0.2, 0.25) is 0 Å². The molecule has 0 unspecified atom stereocenters. The van der Waals surface area contributed by atoms with E-state index in [1.165, 1.54) is 11.3 Å². The molecular weight excluding hydrogens is 480 g/mol. The van der Waals surface area contributed by atoms with Crippen molar-refractivity contribution in [1.82, 2.24) is 10.2 Å². The molecule has 36 heavy (non-hydrogen) atoms. The highest BCUT2D eigenvalue weighted by atomic mass is 35.5. The van der Waals surface area contributed by atoms with Crippen molar-refractivity contribution in [1.29, 1.82) is 0 Å². The first-order chi connectivity index (χ1) is 17.4. The number of methoxy groups -OCH3 is 2. The lowest BCUT2D eigenvalue weighted by Gasteiger charge is -2.33. The van der Waals surface area contributed by atoms with E-state index < -0.39 is 6.04 Å². The Bertz CT molecular complexity index is 1020. The van der Waals surface area contributed by atoms with Crippen molar-refractivity contribution in [3.8, 4) is 17.2 Å². The third kappa shape index (κ3) is 7.06. The number of carbonyl (C=O) groups excluding carboxylic acids is 2. The summed E-state index contributed by atoms with van der Waals surface area (Å²) in [4.78, 5) is 28.6. The van der Waals surface area contributed by atoms with E-state index in [-0.39, 0.29) is 36.4 Å². The van der Waals surface area contributed by atoms with Crippen molar-refractivity contribution in [2.75, 3.05) is 20.1 Å². The topological polar surface area (TPSA) is 77.1 Å². The first kappa shape index (κ1) is 27.7. The van der Waals surface area contributed by atoms with Gasteiger partial charge in [-0.25, -0.2) is 0 Å². The van der Waals surface area contributed by atoms with Crippen molar-refractivity contribution in [3.05, 3.63) is 53.6 Å². The monoisotopic (exact) mass is 516 g/mol. The van der Waals surface area contributed by atoms with Gasteiger partial charge in [0.25, 0.3) is 0 Å². The molecule has 0 radical (unpaired) electrons. The van der Waals surface area contributed by atoms with Crippen LogP contribution < -0.4 is 19.5 Å². The Labute approximate surface area is 219 Å². The summed E-state index contributed by atoms with van der Waals surface area (Å²) in [7, 11) is 3.14. The van der Waals surface area contributed by atoms with E-state index in [4.69, 9.17) is 25.8 Å². The van der Waals surface area contributed by atoms with Crippen LogP contribution in [0.1, 0.15) is 63.1 Å². The molecule has 0 aliphatic heterocycles. The van der Waals surface area contributed by atoms with Crippen molar-refractivity contribution < 1.29 is 23.8 Å². The molecule has 0 spiro atoms. The van der Waals surface area contributed by atoms with Gasteiger partial charge in [-0.05, 0) is 50.5 Å². The van der Waals surface area contributed by atoms with E-state index in [0.29, 0.717) is 22.8 Å². The number of carbonyl (C=O) groups is 2. The standard InChI is InChI=1S/C28H37ClN2O5/c1-19(2)36-24-15-14-20(16-25(24)35-4)27(28(33)30-22-11-6-5-7-12-22)31(26(32)17-29)18-21-10-8-9-13-23(21)34-3/h8-10,13-16,19,22,27H,5-7,11-12,17-18H2,1-4H3,(H,30,33)/t27-/m1/s1. The second-order valence-electron chi connectivity index (χ2n) is 9.29. The number of alkyl halides is 1. The Kier molecular flexibility index (Phi) is 10.3. The molecule has 1 atom stereocenters. The molecule has 1 saturated carbocycles. The van der Waals surface area contributed by atoms with E-state index in [1.54, 1.807) is 26.4 Å². The maximum Gasteiger partial charge on any atom is 0.247 e. The Hall–Kier alpha value is -2.93. The Balaban J connectivity index is 2.05. The van der Waals surface area contributed by atoms with Crippen molar-refractivity contribution in [2.24, 2.45) is 0 Å². The summed E-state index contributed by atoms with van der Waals surface area (Å²) in [5, 5.41) is 3.20. The van der Waals surface area contributed by atoms with Crippen LogP contribution in [-0.4, -0.2) is 49.0 Å². The number of benzene rings is 2. The number of amides is 2.